The molecule has 1 aromatic carbocycles. The maximum atomic E-state index is 5.97. The molecule has 0 amide bonds. The highest BCUT2D eigenvalue weighted by Crippen LogP contribution is 2.38. The third-order valence-corrected chi connectivity index (χ3v) is 5.38. The predicted octanol–water partition coefficient (Wildman–Crippen LogP) is 2.59. The highest BCUT2D eigenvalue weighted by atomic mass is 16.5. The number of nitrogens with zero attached hydrogens (tertiary/aromatic N) is 1. The van der Waals surface area contributed by atoms with E-state index in [4.69, 9.17) is 4.74 Å². The van der Waals surface area contributed by atoms with E-state index in [0.717, 1.165) is 18.7 Å². The van der Waals surface area contributed by atoms with E-state index in [-0.39, 0.29) is 5.60 Å². The first-order chi connectivity index (χ1) is 10.0. The quantitative estimate of drug-likeness (QED) is 0.904. The molecule has 0 saturated carbocycles. The fourth-order valence-electron chi connectivity index (χ4n) is 4.33. The minimum atomic E-state index is -0.0336. The van der Waals surface area contributed by atoms with Crippen molar-refractivity contribution in [2.45, 2.75) is 45.3 Å². The largest absolute Gasteiger partial charge is 0.487 e. The van der Waals surface area contributed by atoms with Gasteiger partial charge in [0.25, 0.3) is 0 Å². The molecular weight excluding hydrogens is 260 g/mol. The van der Waals surface area contributed by atoms with E-state index >= 15 is 0 Å². The molecule has 0 radical (unpaired) electrons. The molecule has 1 spiro atoms. The molecule has 1 unspecified atom stereocenters. The predicted molar refractivity (Wildman–Crippen MR) is 84.7 cm³/mol. The van der Waals surface area contributed by atoms with E-state index in [1.807, 2.05) is 0 Å². The van der Waals surface area contributed by atoms with Crippen LogP contribution in [-0.4, -0.2) is 36.7 Å². The Morgan fingerprint density at radius 3 is 3.00 bits per heavy atom. The summed E-state index contributed by atoms with van der Waals surface area (Å²) < 4.78 is 5.97. The van der Waals surface area contributed by atoms with Crippen molar-refractivity contribution in [3.05, 3.63) is 29.3 Å². The van der Waals surface area contributed by atoms with Gasteiger partial charge in [0.15, 0.2) is 0 Å². The summed E-state index contributed by atoms with van der Waals surface area (Å²) in [6, 6.07) is 6.78. The van der Waals surface area contributed by atoms with E-state index in [1.165, 1.54) is 50.1 Å². The minimum absolute atomic E-state index is 0.0336. The Bertz CT molecular complexity index is 546. The van der Waals surface area contributed by atoms with Crippen LogP contribution in [0.1, 0.15) is 37.8 Å². The molecule has 2 fully saturated rings. The summed E-state index contributed by atoms with van der Waals surface area (Å²) in [4.78, 5) is 2.63. The molecule has 3 aliphatic rings. The number of rotatable bonds is 2. The van der Waals surface area contributed by atoms with Gasteiger partial charge in [-0.2, -0.15) is 0 Å². The van der Waals surface area contributed by atoms with E-state index in [0.29, 0.717) is 5.41 Å². The first kappa shape index (κ1) is 13.6. The molecule has 0 aliphatic carbocycles. The zero-order valence-electron chi connectivity index (χ0n) is 13.2. The molecule has 114 valence electrons. The average molecular weight is 286 g/mol. The van der Waals surface area contributed by atoms with Gasteiger partial charge in [0, 0.05) is 26.1 Å². The van der Waals surface area contributed by atoms with Crippen molar-refractivity contribution in [3.8, 4) is 5.75 Å². The number of fused-ring (bicyclic) bond motifs is 1. The molecule has 3 heteroatoms. The second-order valence-electron chi connectivity index (χ2n) is 7.87. The molecule has 0 aromatic heterocycles. The van der Waals surface area contributed by atoms with Crippen molar-refractivity contribution in [2.24, 2.45) is 5.41 Å². The monoisotopic (exact) mass is 286 g/mol. The number of likely N-dealkylation sites (tertiary alicyclic amines) is 1. The molecule has 1 atom stereocenters. The van der Waals surface area contributed by atoms with Crippen LogP contribution in [0, 0.1) is 5.41 Å². The summed E-state index contributed by atoms with van der Waals surface area (Å²) in [5.74, 6) is 1.08. The van der Waals surface area contributed by atoms with E-state index < -0.39 is 0 Å². The maximum absolute atomic E-state index is 5.97. The zero-order valence-corrected chi connectivity index (χ0v) is 13.2. The van der Waals surface area contributed by atoms with Crippen LogP contribution in [0.4, 0.5) is 0 Å². The first-order valence-corrected chi connectivity index (χ1v) is 8.28. The van der Waals surface area contributed by atoms with Crippen molar-refractivity contribution < 1.29 is 4.74 Å². The fourth-order valence-corrected chi connectivity index (χ4v) is 4.33. The Hall–Kier alpha value is -1.06. The third kappa shape index (κ3) is 2.58. The van der Waals surface area contributed by atoms with E-state index in [9.17, 15) is 0 Å². The van der Waals surface area contributed by atoms with Gasteiger partial charge in [-0.15, -0.1) is 0 Å². The Kier molecular flexibility index (Phi) is 3.05. The molecule has 21 heavy (non-hydrogen) atoms. The van der Waals surface area contributed by atoms with Gasteiger partial charge in [0.1, 0.15) is 11.4 Å². The Balaban J connectivity index is 1.45. The Morgan fingerprint density at radius 1 is 1.29 bits per heavy atom. The molecule has 0 bridgehead atoms. The molecular formula is C18H26N2O. The smallest absolute Gasteiger partial charge is 0.123 e. The molecule has 3 aliphatic heterocycles. The number of benzene rings is 1. The van der Waals surface area contributed by atoms with Crippen LogP contribution in [0.15, 0.2) is 18.2 Å². The van der Waals surface area contributed by atoms with Gasteiger partial charge in [0.05, 0.1) is 0 Å². The summed E-state index contributed by atoms with van der Waals surface area (Å²) in [6.45, 7) is 10.4. The lowest BCUT2D eigenvalue weighted by atomic mass is 9.86. The van der Waals surface area contributed by atoms with Crippen LogP contribution in [0.3, 0.4) is 0 Å². The van der Waals surface area contributed by atoms with Crippen molar-refractivity contribution in [1.29, 1.82) is 0 Å². The van der Waals surface area contributed by atoms with E-state index in [2.05, 4.69) is 42.3 Å². The summed E-state index contributed by atoms with van der Waals surface area (Å²) in [7, 11) is 0. The Morgan fingerprint density at radius 2 is 2.19 bits per heavy atom. The third-order valence-electron chi connectivity index (χ3n) is 5.38. The number of hydrogen-bond donors (Lipinski definition) is 1. The zero-order chi connectivity index (χ0) is 14.5. The van der Waals surface area contributed by atoms with Gasteiger partial charge in [0.2, 0.25) is 0 Å². The van der Waals surface area contributed by atoms with Gasteiger partial charge < -0.3 is 10.1 Å². The van der Waals surface area contributed by atoms with Gasteiger partial charge in [-0.1, -0.05) is 12.1 Å². The highest BCUT2D eigenvalue weighted by molar-refractivity contribution is 5.41. The van der Waals surface area contributed by atoms with Crippen molar-refractivity contribution in [3.63, 3.8) is 0 Å². The second-order valence-corrected chi connectivity index (χ2v) is 7.87. The van der Waals surface area contributed by atoms with Crippen molar-refractivity contribution in [2.75, 3.05) is 26.2 Å². The summed E-state index contributed by atoms with van der Waals surface area (Å²) in [6.07, 6.45) is 3.75. The number of nitrogens with one attached hydrogen (secondary N) is 1. The van der Waals surface area contributed by atoms with Crippen LogP contribution in [0.25, 0.3) is 0 Å². The van der Waals surface area contributed by atoms with Crippen LogP contribution in [0.2, 0.25) is 0 Å². The Labute approximate surface area is 127 Å². The molecule has 2 saturated heterocycles. The molecule has 3 heterocycles. The summed E-state index contributed by atoms with van der Waals surface area (Å²) >= 11 is 0. The van der Waals surface area contributed by atoms with Gasteiger partial charge in [-0.05, 0) is 62.4 Å². The minimum Gasteiger partial charge on any atom is -0.487 e. The normalized spacial score (nSPS) is 30.8. The van der Waals surface area contributed by atoms with Gasteiger partial charge in [-0.25, -0.2) is 0 Å². The lowest BCUT2D eigenvalue weighted by Crippen LogP contribution is -2.28. The highest BCUT2D eigenvalue weighted by Gasteiger charge is 2.40. The summed E-state index contributed by atoms with van der Waals surface area (Å²) in [5.41, 5.74) is 3.36. The standard InChI is InChI=1S/C18H26N2O/c1-17(2)10-15-9-14(3-4-16(15)21-17)11-20-8-6-18(13-20)5-7-19-12-18/h3-4,9,19H,5-8,10-13H2,1-2H3. The SMILES string of the molecule is CC1(C)Cc2cc(CN3CCC4(CCNC4)C3)ccc2O1. The molecule has 1 N–H and O–H groups in total. The molecule has 4 rings (SSSR count). The second kappa shape index (κ2) is 4.72. The van der Waals surface area contributed by atoms with Crippen LogP contribution in [-0.2, 0) is 13.0 Å². The fraction of sp³-hybridized carbons (Fsp3) is 0.667. The van der Waals surface area contributed by atoms with Crippen LogP contribution < -0.4 is 10.1 Å². The van der Waals surface area contributed by atoms with E-state index in [1.54, 1.807) is 0 Å². The van der Waals surface area contributed by atoms with Crippen LogP contribution in [0.5, 0.6) is 5.75 Å². The summed E-state index contributed by atoms with van der Waals surface area (Å²) in [5, 5.41) is 3.54. The lowest BCUT2D eigenvalue weighted by molar-refractivity contribution is 0.138. The van der Waals surface area contributed by atoms with Crippen LogP contribution >= 0.6 is 0 Å². The number of hydrogen-bond acceptors (Lipinski definition) is 3. The van der Waals surface area contributed by atoms with Crippen molar-refractivity contribution >= 4 is 0 Å². The van der Waals surface area contributed by atoms with Gasteiger partial charge in [-0.3, -0.25) is 4.90 Å². The topological polar surface area (TPSA) is 24.5 Å². The maximum Gasteiger partial charge on any atom is 0.123 e. The first-order valence-electron chi connectivity index (χ1n) is 8.28. The molecule has 1 aromatic rings. The average Bonchev–Trinajstić information content (AvgIpc) is 3.09. The number of ether oxygens (including phenoxy) is 1. The van der Waals surface area contributed by atoms with Crippen molar-refractivity contribution in [1.82, 2.24) is 10.2 Å². The van der Waals surface area contributed by atoms with Gasteiger partial charge >= 0.3 is 0 Å². The molecule has 3 nitrogen and oxygen atoms in total. The lowest BCUT2D eigenvalue weighted by Gasteiger charge is -2.23.